The van der Waals surface area contributed by atoms with Crippen molar-refractivity contribution in [3.63, 3.8) is 0 Å². The Balaban J connectivity index is 1.33. The Labute approximate surface area is 261 Å². The highest BCUT2D eigenvalue weighted by Gasteiger charge is 2.64. The summed E-state index contributed by atoms with van der Waals surface area (Å²) >= 11 is 3.62. The monoisotopic (exact) mass is 660 g/mol. The Bertz CT molecular complexity index is 1610. The molecule has 1 aromatic heterocycles. The lowest BCUT2D eigenvalue weighted by Crippen LogP contribution is -2.51. The van der Waals surface area contributed by atoms with Gasteiger partial charge < -0.3 is 19.9 Å². The summed E-state index contributed by atoms with van der Waals surface area (Å²) in [4.78, 5) is 13.8. The van der Waals surface area contributed by atoms with Crippen LogP contribution in [0.4, 0.5) is 5.69 Å². The second-order valence-corrected chi connectivity index (χ2v) is 17.7. The summed E-state index contributed by atoms with van der Waals surface area (Å²) in [6.45, 7) is 7.45. The van der Waals surface area contributed by atoms with Crippen LogP contribution >= 0.6 is 15.9 Å². The van der Waals surface area contributed by atoms with Gasteiger partial charge in [-0.3, -0.25) is 9.48 Å². The molecule has 1 fully saturated rings. The van der Waals surface area contributed by atoms with Gasteiger partial charge in [-0.05, 0) is 47.9 Å². The van der Waals surface area contributed by atoms with Crippen molar-refractivity contribution in [1.82, 2.24) is 15.0 Å². The van der Waals surface area contributed by atoms with Crippen LogP contribution in [0.5, 0.6) is 5.75 Å². The fourth-order valence-electron chi connectivity index (χ4n) is 7.27. The first-order valence-corrected chi connectivity index (χ1v) is 18.6. The minimum absolute atomic E-state index is 0.0533. The number of benzene rings is 3. The number of nitrogens with one attached hydrogen (secondary N) is 1. The molecule has 1 unspecified atom stereocenters. The topological polar surface area (TPSA) is 98.5 Å². The van der Waals surface area contributed by atoms with Crippen LogP contribution in [0, 0.1) is 5.92 Å². The highest BCUT2D eigenvalue weighted by Crippen LogP contribution is 2.58. The van der Waals surface area contributed by atoms with Crippen LogP contribution in [0.2, 0.25) is 18.6 Å². The Morgan fingerprint density at radius 2 is 1.88 bits per heavy atom. The van der Waals surface area contributed by atoms with Crippen LogP contribution in [-0.2, 0) is 21.7 Å². The summed E-state index contributed by atoms with van der Waals surface area (Å²) < 4.78 is 15.2. The predicted octanol–water partition coefficient (Wildman–Crippen LogP) is 5.43. The minimum Gasteiger partial charge on any atom is -0.497 e. The lowest BCUT2D eigenvalue weighted by Gasteiger charge is -2.37. The third kappa shape index (κ3) is 5.14. The number of aromatic nitrogens is 3. The molecule has 10 heteroatoms. The highest BCUT2D eigenvalue weighted by molar-refractivity contribution is 9.10. The van der Waals surface area contributed by atoms with E-state index in [1.165, 1.54) is 5.19 Å². The number of hydrogen-bond acceptors (Lipinski definition) is 6. The molecule has 1 spiro atoms. The van der Waals surface area contributed by atoms with Gasteiger partial charge in [-0.1, -0.05) is 88.8 Å². The van der Waals surface area contributed by atoms with Crippen LogP contribution in [0.1, 0.15) is 36.1 Å². The molecular formula is C33H37BrN4O4Si. The van der Waals surface area contributed by atoms with Gasteiger partial charge in [0.15, 0.2) is 5.60 Å². The molecule has 6 rings (SSSR count). The van der Waals surface area contributed by atoms with Gasteiger partial charge in [0.05, 0.1) is 39.5 Å². The van der Waals surface area contributed by atoms with Gasteiger partial charge in [-0.25, -0.2) is 0 Å². The van der Waals surface area contributed by atoms with Gasteiger partial charge in [0.2, 0.25) is 0 Å². The summed E-state index contributed by atoms with van der Waals surface area (Å²) in [7, 11) is -0.540. The number of amides is 1. The summed E-state index contributed by atoms with van der Waals surface area (Å²) in [5, 5.41) is 23.4. The van der Waals surface area contributed by atoms with Crippen molar-refractivity contribution >= 4 is 40.8 Å². The van der Waals surface area contributed by atoms with Crippen molar-refractivity contribution < 1.29 is 19.4 Å². The molecule has 224 valence electrons. The molecule has 2 N–H and O–H groups in total. The molecule has 2 aliphatic heterocycles. The van der Waals surface area contributed by atoms with E-state index in [0.29, 0.717) is 13.0 Å². The zero-order valence-electron chi connectivity index (χ0n) is 24.8. The molecule has 1 amide bonds. The number of carbonyl (C=O) groups is 1. The fraction of sp³-hybridized carbons (Fsp3) is 0.364. The maximum Gasteiger partial charge on any atom is 0.261 e. The first-order valence-electron chi connectivity index (χ1n) is 14.7. The zero-order valence-corrected chi connectivity index (χ0v) is 27.4. The van der Waals surface area contributed by atoms with Gasteiger partial charge in [-0.15, -0.1) is 5.10 Å². The Morgan fingerprint density at radius 1 is 1.14 bits per heavy atom. The number of hydrogen-bond donors (Lipinski definition) is 2. The Kier molecular flexibility index (Phi) is 8.06. The Morgan fingerprint density at radius 3 is 2.58 bits per heavy atom. The zero-order chi connectivity index (χ0) is 30.4. The molecule has 3 heterocycles. The number of aliphatic hydroxyl groups is 1. The van der Waals surface area contributed by atoms with Crippen molar-refractivity contribution in [2.24, 2.45) is 5.92 Å². The minimum atomic E-state index is -2.22. The summed E-state index contributed by atoms with van der Waals surface area (Å²) in [6, 6.07) is 24.1. The Hall–Kier alpha value is -3.31. The van der Waals surface area contributed by atoms with E-state index in [1.807, 2.05) is 71.5 Å². The van der Waals surface area contributed by atoms with E-state index in [-0.39, 0.29) is 36.0 Å². The number of fused-ring (bicyclic) bond motifs is 2. The number of methoxy groups -OCH3 is 1. The maximum absolute atomic E-state index is 13.8. The molecule has 1 saturated heterocycles. The largest absolute Gasteiger partial charge is 0.497 e. The molecular weight excluding hydrogens is 624 g/mol. The molecule has 0 radical (unpaired) electrons. The van der Waals surface area contributed by atoms with Crippen molar-refractivity contribution in [3.8, 4) is 5.75 Å². The molecule has 5 atom stereocenters. The summed E-state index contributed by atoms with van der Waals surface area (Å²) in [5.41, 5.74) is 2.48. The average molecular weight is 662 g/mol. The molecule has 2 aliphatic rings. The van der Waals surface area contributed by atoms with Crippen molar-refractivity contribution in [2.45, 2.75) is 56.1 Å². The lowest BCUT2D eigenvalue weighted by atomic mass is 9.82. The second kappa shape index (κ2) is 11.6. The van der Waals surface area contributed by atoms with E-state index in [1.54, 1.807) is 7.11 Å². The van der Waals surface area contributed by atoms with Gasteiger partial charge >= 0.3 is 0 Å². The number of aliphatic hydroxyl groups excluding tert-OH is 1. The van der Waals surface area contributed by atoms with Crippen LogP contribution in [-0.4, -0.2) is 53.9 Å². The number of rotatable bonds is 9. The van der Waals surface area contributed by atoms with E-state index in [4.69, 9.17) is 9.47 Å². The van der Waals surface area contributed by atoms with Crippen molar-refractivity contribution in [1.29, 1.82) is 0 Å². The number of carbonyl (C=O) groups excluding carboxylic acids is 1. The fourth-order valence-corrected chi connectivity index (χ4v) is 11.7. The van der Waals surface area contributed by atoms with E-state index in [2.05, 4.69) is 63.7 Å². The molecule has 0 aliphatic carbocycles. The third-order valence-electron chi connectivity index (χ3n) is 9.49. The quantitative estimate of drug-likeness (QED) is 0.232. The maximum atomic E-state index is 13.8. The summed E-state index contributed by atoms with van der Waals surface area (Å²) in [5.74, 6) is 0.411. The first-order chi connectivity index (χ1) is 20.7. The van der Waals surface area contributed by atoms with Gasteiger partial charge in [-0.2, -0.15) is 0 Å². The predicted molar refractivity (Wildman–Crippen MR) is 172 cm³/mol. The van der Waals surface area contributed by atoms with Crippen LogP contribution in [0.25, 0.3) is 0 Å². The lowest BCUT2D eigenvalue weighted by molar-refractivity contribution is -0.143. The average Bonchev–Trinajstić information content (AvgIpc) is 3.68. The number of nitrogens with zero attached hydrogens (tertiary/aromatic N) is 3. The second-order valence-electron chi connectivity index (χ2n) is 12.1. The van der Waals surface area contributed by atoms with E-state index < -0.39 is 13.7 Å². The number of aryl methyl sites for hydroxylation is 1. The molecule has 0 bridgehead atoms. The van der Waals surface area contributed by atoms with Crippen LogP contribution in [0.3, 0.4) is 0 Å². The van der Waals surface area contributed by atoms with Gasteiger partial charge in [0, 0.05) is 34.4 Å². The van der Waals surface area contributed by atoms with E-state index in [9.17, 15) is 9.90 Å². The number of ether oxygens (including phenoxy) is 2. The highest BCUT2D eigenvalue weighted by atomic mass is 79.9. The molecule has 4 aromatic rings. The van der Waals surface area contributed by atoms with E-state index in [0.717, 1.165) is 32.7 Å². The van der Waals surface area contributed by atoms with Crippen LogP contribution < -0.4 is 15.2 Å². The SMILES string of the molecule is COc1ccc([Si](C)(C)[C@H]2[C@H](CCn3cc(C(CO)c4ccccc4)nn3)O[C@@]3(C(=O)Nc4ccc(Br)cc43)[C@@H]2C)cc1. The summed E-state index contributed by atoms with van der Waals surface area (Å²) in [6.07, 6.45) is 2.39. The van der Waals surface area contributed by atoms with Gasteiger partial charge in [0.25, 0.3) is 5.91 Å². The molecule has 43 heavy (non-hydrogen) atoms. The number of anilines is 1. The molecule has 3 aromatic carbocycles. The molecule has 0 saturated carbocycles. The van der Waals surface area contributed by atoms with E-state index >= 15 is 0 Å². The first kappa shape index (κ1) is 29.7. The smallest absolute Gasteiger partial charge is 0.261 e. The van der Waals surface area contributed by atoms with Crippen LogP contribution in [0.15, 0.2) is 83.5 Å². The normalized spacial score (nSPS) is 23.8. The molecule has 8 nitrogen and oxygen atoms in total. The third-order valence-corrected chi connectivity index (χ3v) is 14.3. The van der Waals surface area contributed by atoms with Crippen molar-refractivity contribution in [2.75, 3.05) is 19.0 Å². The van der Waals surface area contributed by atoms with Gasteiger partial charge in [0.1, 0.15) is 5.75 Å². The van der Waals surface area contributed by atoms with Crippen molar-refractivity contribution in [3.05, 3.63) is 100 Å². The standard InChI is InChI=1S/C33H37BrN4O4Si/c1-21-31(43(3,4)25-13-11-24(41-2)12-14-25)30(42-33(21)27-18-23(34)10-15-28(27)35-32(33)40)16-17-38-19-29(36-37-38)26(20-39)22-8-6-5-7-9-22/h5-15,18-19,21,26,30-31,39H,16-17,20H2,1-4H3,(H,35,40)/t21-,26?,30+,31-,33+/m1/s1. The number of halogens is 1.